The SMILES string of the molecule is Cc1ccc(C(=O)OC(C)C(=O)N2CCCC(C(N)=O)C2)c(O)c1C. The number of ether oxygens (including phenoxy) is 1. The molecule has 25 heavy (non-hydrogen) atoms. The molecule has 0 spiro atoms. The molecule has 2 rings (SSSR count). The summed E-state index contributed by atoms with van der Waals surface area (Å²) in [6, 6.07) is 3.18. The van der Waals surface area contributed by atoms with Crippen LogP contribution in [0.25, 0.3) is 0 Å². The zero-order valence-electron chi connectivity index (χ0n) is 14.7. The van der Waals surface area contributed by atoms with Crippen LogP contribution in [-0.4, -0.2) is 47.0 Å². The number of esters is 1. The van der Waals surface area contributed by atoms with Crippen molar-refractivity contribution >= 4 is 17.8 Å². The molecule has 3 N–H and O–H groups in total. The summed E-state index contributed by atoms with van der Waals surface area (Å²) in [5.74, 6) is -2.07. The Balaban J connectivity index is 2.05. The molecule has 7 heteroatoms. The minimum Gasteiger partial charge on any atom is -0.507 e. The Labute approximate surface area is 146 Å². The van der Waals surface area contributed by atoms with Gasteiger partial charge in [-0.2, -0.15) is 0 Å². The largest absolute Gasteiger partial charge is 0.507 e. The second-order valence-electron chi connectivity index (χ2n) is 6.48. The Morgan fingerprint density at radius 2 is 2.00 bits per heavy atom. The number of nitrogens with two attached hydrogens (primary N) is 1. The van der Waals surface area contributed by atoms with Crippen LogP contribution in [0.15, 0.2) is 12.1 Å². The lowest BCUT2D eigenvalue weighted by molar-refractivity contribution is -0.142. The highest BCUT2D eigenvalue weighted by atomic mass is 16.5. The maximum atomic E-state index is 12.5. The molecule has 2 amide bonds. The number of carbonyl (C=O) groups excluding carboxylic acids is 3. The van der Waals surface area contributed by atoms with Gasteiger partial charge in [-0.05, 0) is 50.8 Å². The number of carbonyl (C=O) groups is 3. The second-order valence-corrected chi connectivity index (χ2v) is 6.48. The average Bonchev–Trinajstić information content (AvgIpc) is 2.59. The number of aromatic hydroxyl groups is 1. The van der Waals surface area contributed by atoms with Crippen molar-refractivity contribution in [3.63, 3.8) is 0 Å². The maximum absolute atomic E-state index is 12.5. The Hall–Kier alpha value is -2.57. The minimum atomic E-state index is -1.01. The number of likely N-dealkylation sites (tertiary alicyclic amines) is 1. The predicted molar refractivity (Wildman–Crippen MR) is 91.0 cm³/mol. The first-order valence-electron chi connectivity index (χ1n) is 8.30. The summed E-state index contributed by atoms with van der Waals surface area (Å²) in [6.07, 6.45) is 0.321. The highest BCUT2D eigenvalue weighted by Gasteiger charge is 2.31. The molecule has 2 atom stereocenters. The second kappa shape index (κ2) is 7.55. The van der Waals surface area contributed by atoms with Crippen molar-refractivity contribution in [2.75, 3.05) is 13.1 Å². The number of amides is 2. The molecular weight excluding hydrogens is 324 g/mol. The van der Waals surface area contributed by atoms with Crippen molar-refractivity contribution in [1.82, 2.24) is 4.90 Å². The van der Waals surface area contributed by atoms with Crippen molar-refractivity contribution in [3.8, 4) is 5.75 Å². The number of hydrogen-bond donors (Lipinski definition) is 2. The van der Waals surface area contributed by atoms with Gasteiger partial charge in [0.05, 0.1) is 5.92 Å². The van der Waals surface area contributed by atoms with Crippen molar-refractivity contribution in [3.05, 3.63) is 28.8 Å². The Morgan fingerprint density at radius 1 is 1.32 bits per heavy atom. The van der Waals surface area contributed by atoms with Crippen molar-refractivity contribution in [2.45, 2.75) is 39.7 Å². The summed E-state index contributed by atoms with van der Waals surface area (Å²) in [4.78, 5) is 37.6. The summed E-state index contributed by atoms with van der Waals surface area (Å²) < 4.78 is 5.22. The zero-order valence-corrected chi connectivity index (χ0v) is 14.7. The molecule has 1 aromatic carbocycles. The fraction of sp³-hybridized carbons (Fsp3) is 0.500. The van der Waals surface area contributed by atoms with E-state index in [2.05, 4.69) is 0 Å². The van der Waals surface area contributed by atoms with E-state index in [-0.39, 0.29) is 29.7 Å². The monoisotopic (exact) mass is 348 g/mol. The van der Waals surface area contributed by atoms with Crippen LogP contribution >= 0.6 is 0 Å². The number of benzene rings is 1. The van der Waals surface area contributed by atoms with Gasteiger partial charge in [-0.15, -0.1) is 0 Å². The van der Waals surface area contributed by atoms with Gasteiger partial charge in [-0.3, -0.25) is 9.59 Å². The Morgan fingerprint density at radius 3 is 2.64 bits per heavy atom. The molecule has 136 valence electrons. The van der Waals surface area contributed by atoms with Gasteiger partial charge >= 0.3 is 5.97 Å². The van der Waals surface area contributed by atoms with Gasteiger partial charge in [0.25, 0.3) is 5.91 Å². The first-order valence-corrected chi connectivity index (χ1v) is 8.30. The molecule has 1 aliphatic rings. The highest BCUT2D eigenvalue weighted by Crippen LogP contribution is 2.26. The van der Waals surface area contributed by atoms with Gasteiger partial charge in [-0.1, -0.05) is 6.07 Å². The summed E-state index contributed by atoms with van der Waals surface area (Å²) in [5.41, 5.74) is 6.78. The third kappa shape index (κ3) is 4.10. The maximum Gasteiger partial charge on any atom is 0.342 e. The predicted octanol–water partition coefficient (Wildman–Crippen LogP) is 1.28. The minimum absolute atomic E-state index is 0.0245. The van der Waals surface area contributed by atoms with Gasteiger partial charge in [0.2, 0.25) is 5.91 Å². The van der Waals surface area contributed by atoms with Crippen LogP contribution in [0.5, 0.6) is 5.75 Å². The van der Waals surface area contributed by atoms with E-state index in [1.54, 1.807) is 13.0 Å². The van der Waals surface area contributed by atoms with Crippen LogP contribution in [0.1, 0.15) is 41.3 Å². The topological polar surface area (TPSA) is 110 Å². The molecule has 1 aromatic rings. The molecule has 0 aliphatic carbocycles. The molecule has 1 fully saturated rings. The van der Waals surface area contributed by atoms with E-state index >= 15 is 0 Å². The average molecular weight is 348 g/mol. The normalized spacial score (nSPS) is 18.5. The van der Waals surface area contributed by atoms with Gasteiger partial charge < -0.3 is 20.5 Å². The molecule has 2 unspecified atom stereocenters. The summed E-state index contributed by atoms with van der Waals surface area (Å²) in [6.45, 7) is 5.74. The van der Waals surface area contributed by atoms with E-state index in [0.717, 1.165) is 5.56 Å². The number of nitrogens with zero attached hydrogens (tertiary/aromatic N) is 1. The number of hydrogen-bond acceptors (Lipinski definition) is 5. The molecule has 0 aromatic heterocycles. The lowest BCUT2D eigenvalue weighted by Gasteiger charge is -2.32. The molecule has 1 heterocycles. The van der Waals surface area contributed by atoms with E-state index in [1.807, 2.05) is 6.92 Å². The Bertz CT molecular complexity index is 701. The van der Waals surface area contributed by atoms with Crippen molar-refractivity contribution < 1.29 is 24.2 Å². The fourth-order valence-electron chi connectivity index (χ4n) is 2.91. The van der Waals surface area contributed by atoms with E-state index in [0.29, 0.717) is 24.9 Å². The summed E-state index contributed by atoms with van der Waals surface area (Å²) >= 11 is 0. The number of phenolic OH excluding ortho intramolecular Hbond substituents is 1. The van der Waals surface area contributed by atoms with Crippen molar-refractivity contribution in [2.24, 2.45) is 11.7 Å². The number of aryl methyl sites for hydroxylation is 1. The first kappa shape index (κ1) is 18.8. The molecule has 0 radical (unpaired) electrons. The first-order chi connectivity index (χ1) is 11.7. The summed E-state index contributed by atoms with van der Waals surface area (Å²) in [7, 11) is 0. The van der Waals surface area contributed by atoms with Crippen molar-refractivity contribution in [1.29, 1.82) is 0 Å². The third-order valence-electron chi connectivity index (χ3n) is 4.69. The van der Waals surface area contributed by atoms with E-state index < -0.39 is 18.0 Å². The zero-order chi connectivity index (χ0) is 18.7. The number of piperidine rings is 1. The molecule has 1 aliphatic heterocycles. The van der Waals surface area contributed by atoms with Gasteiger partial charge in [-0.25, -0.2) is 4.79 Å². The number of rotatable bonds is 4. The van der Waals surface area contributed by atoms with E-state index in [9.17, 15) is 19.5 Å². The number of phenols is 1. The standard InChI is InChI=1S/C18H24N2O5/c1-10-6-7-14(15(21)11(10)2)18(24)25-12(3)17(23)20-8-4-5-13(9-20)16(19)22/h6-7,12-13,21H,4-5,8-9H2,1-3H3,(H2,19,22). The lowest BCUT2D eigenvalue weighted by Crippen LogP contribution is -2.48. The smallest absolute Gasteiger partial charge is 0.342 e. The van der Waals surface area contributed by atoms with Crippen LogP contribution < -0.4 is 5.73 Å². The molecule has 7 nitrogen and oxygen atoms in total. The highest BCUT2D eigenvalue weighted by molar-refractivity contribution is 5.95. The van der Waals surface area contributed by atoms with Crippen LogP contribution in [-0.2, 0) is 14.3 Å². The van der Waals surface area contributed by atoms with Gasteiger partial charge in [0.15, 0.2) is 6.10 Å². The van der Waals surface area contributed by atoms with Gasteiger partial charge in [0, 0.05) is 13.1 Å². The van der Waals surface area contributed by atoms with Crippen LogP contribution in [0, 0.1) is 19.8 Å². The van der Waals surface area contributed by atoms with Gasteiger partial charge in [0.1, 0.15) is 11.3 Å². The molecule has 0 saturated carbocycles. The molecular formula is C18H24N2O5. The number of primary amides is 1. The lowest BCUT2D eigenvalue weighted by atomic mass is 9.97. The van der Waals surface area contributed by atoms with Crippen LogP contribution in [0.2, 0.25) is 0 Å². The summed E-state index contributed by atoms with van der Waals surface area (Å²) in [5, 5.41) is 10.1. The fourth-order valence-corrected chi connectivity index (χ4v) is 2.91. The quantitative estimate of drug-likeness (QED) is 0.797. The third-order valence-corrected chi connectivity index (χ3v) is 4.69. The van der Waals surface area contributed by atoms with E-state index in [1.165, 1.54) is 17.9 Å². The molecule has 0 bridgehead atoms. The Kier molecular flexibility index (Phi) is 5.66. The van der Waals surface area contributed by atoms with E-state index in [4.69, 9.17) is 10.5 Å². The molecule has 1 saturated heterocycles. The van der Waals surface area contributed by atoms with Crippen LogP contribution in [0.4, 0.5) is 0 Å². The van der Waals surface area contributed by atoms with Crippen LogP contribution in [0.3, 0.4) is 0 Å².